The molecule has 0 bridgehead atoms. The molecule has 21 heavy (non-hydrogen) atoms. The predicted molar refractivity (Wildman–Crippen MR) is 84.8 cm³/mol. The minimum Gasteiger partial charge on any atom is -0.288 e. The molecule has 0 spiro atoms. The van der Waals surface area contributed by atoms with E-state index in [9.17, 15) is 9.36 Å². The lowest BCUT2D eigenvalue weighted by Crippen LogP contribution is -2.15. The number of benzene rings is 2. The summed E-state index contributed by atoms with van der Waals surface area (Å²) in [5.41, 5.74) is 4.30. The molecule has 0 aliphatic rings. The van der Waals surface area contributed by atoms with Gasteiger partial charge in [-0.1, -0.05) is 24.3 Å². The lowest BCUT2D eigenvalue weighted by molar-refractivity contribution is 0.103. The van der Waals surface area contributed by atoms with Crippen LogP contribution in [0.25, 0.3) is 0 Å². The molecule has 2 aromatic rings. The highest BCUT2D eigenvalue weighted by molar-refractivity contribution is 7.48. The highest BCUT2D eigenvalue weighted by Gasteiger charge is 2.28. The smallest absolute Gasteiger partial charge is 0.288 e. The highest BCUT2D eigenvalue weighted by atomic mass is 31.1. The normalized spacial score (nSPS) is 11.3. The number of carbonyl (C=O) groups excluding carboxylic acids is 1. The van der Waals surface area contributed by atoms with Gasteiger partial charge in [-0.15, -0.1) is 4.52 Å². The van der Waals surface area contributed by atoms with Crippen molar-refractivity contribution >= 4 is 19.1 Å². The number of hydrogen-bond donors (Lipinski definition) is 0. The quantitative estimate of drug-likeness (QED) is 0.636. The summed E-state index contributed by atoms with van der Waals surface area (Å²) < 4.78 is 16.8. The second-order valence-corrected chi connectivity index (χ2v) is 6.33. The molecule has 0 saturated heterocycles. The molecule has 2 rings (SSSR count). The summed E-state index contributed by atoms with van der Waals surface area (Å²) in [6.07, 6.45) is 0. The molecular formula is C17H18O3P+. The number of hydrogen-bond acceptors (Lipinski definition) is 3. The molecule has 0 aromatic heterocycles. The molecule has 0 saturated carbocycles. The number of rotatable bonds is 4. The van der Waals surface area contributed by atoms with Crippen LogP contribution in [0.5, 0.6) is 0 Å². The average molecular weight is 301 g/mol. The van der Waals surface area contributed by atoms with Crippen LogP contribution in [0.1, 0.15) is 32.6 Å². The van der Waals surface area contributed by atoms with Crippen molar-refractivity contribution in [1.82, 2.24) is 0 Å². The Hall–Kier alpha value is -1.83. The van der Waals surface area contributed by atoms with Gasteiger partial charge in [0.25, 0.3) is 0 Å². The van der Waals surface area contributed by atoms with Gasteiger partial charge in [0.2, 0.25) is 5.30 Å². The lowest BCUT2D eigenvalue weighted by Gasteiger charge is -2.10. The zero-order valence-electron chi connectivity index (χ0n) is 12.6. The van der Waals surface area contributed by atoms with Gasteiger partial charge in [0.1, 0.15) is 0 Å². The maximum atomic E-state index is 12.8. The SMILES string of the molecule is CO[P+](=O)c1ccccc1C(=O)c1ccc(C)c(C)c1C. The van der Waals surface area contributed by atoms with Crippen molar-refractivity contribution < 1.29 is 13.9 Å². The summed E-state index contributed by atoms with van der Waals surface area (Å²) in [6, 6.07) is 10.7. The van der Waals surface area contributed by atoms with E-state index in [0.717, 1.165) is 16.7 Å². The Morgan fingerprint density at radius 2 is 1.62 bits per heavy atom. The molecule has 2 aromatic carbocycles. The number of aryl methyl sites for hydroxylation is 1. The zero-order valence-corrected chi connectivity index (χ0v) is 13.5. The van der Waals surface area contributed by atoms with Crippen molar-refractivity contribution in [3.63, 3.8) is 0 Å². The first-order valence-electron chi connectivity index (χ1n) is 6.69. The maximum absolute atomic E-state index is 12.8. The first kappa shape index (κ1) is 15.6. The van der Waals surface area contributed by atoms with Crippen molar-refractivity contribution in [3.05, 3.63) is 64.2 Å². The standard InChI is InChI=1S/C17H18O3P/c1-11-9-10-14(13(3)12(11)2)17(18)15-7-5-6-8-16(15)21(19)20-4/h5-10H,1-4H3/q+1. The third-order valence-corrected chi connectivity index (χ3v) is 4.93. The first-order valence-corrected chi connectivity index (χ1v) is 7.87. The summed E-state index contributed by atoms with van der Waals surface area (Å²) >= 11 is 0. The van der Waals surface area contributed by atoms with Gasteiger partial charge >= 0.3 is 8.03 Å². The minimum absolute atomic E-state index is 0.119. The third-order valence-electron chi connectivity index (χ3n) is 3.81. The second kappa shape index (κ2) is 6.30. The van der Waals surface area contributed by atoms with Gasteiger partial charge in [0, 0.05) is 5.56 Å². The summed E-state index contributed by atoms with van der Waals surface area (Å²) in [4.78, 5) is 12.8. The Bertz CT molecular complexity index is 720. The summed E-state index contributed by atoms with van der Waals surface area (Å²) in [6.45, 7) is 5.96. The molecule has 0 N–H and O–H groups in total. The molecule has 0 fully saturated rings. The van der Waals surface area contributed by atoms with Crippen molar-refractivity contribution in [2.75, 3.05) is 7.11 Å². The van der Waals surface area contributed by atoms with E-state index in [2.05, 4.69) is 0 Å². The van der Waals surface area contributed by atoms with Crippen molar-refractivity contribution in [2.24, 2.45) is 0 Å². The van der Waals surface area contributed by atoms with E-state index >= 15 is 0 Å². The van der Waals surface area contributed by atoms with E-state index < -0.39 is 8.03 Å². The van der Waals surface area contributed by atoms with Crippen molar-refractivity contribution in [3.8, 4) is 0 Å². The van der Waals surface area contributed by atoms with E-state index in [1.54, 1.807) is 24.3 Å². The highest BCUT2D eigenvalue weighted by Crippen LogP contribution is 2.25. The van der Waals surface area contributed by atoms with E-state index in [1.807, 2.05) is 32.9 Å². The fourth-order valence-corrected chi connectivity index (χ4v) is 3.05. The number of ketones is 1. The van der Waals surface area contributed by atoms with Crippen LogP contribution in [0.2, 0.25) is 0 Å². The monoisotopic (exact) mass is 301 g/mol. The summed E-state index contributed by atoms with van der Waals surface area (Å²) in [7, 11) is -0.635. The molecule has 0 aliphatic heterocycles. The Morgan fingerprint density at radius 3 is 2.29 bits per heavy atom. The van der Waals surface area contributed by atoms with Gasteiger partial charge in [0.05, 0.1) is 12.7 Å². The fourth-order valence-electron chi connectivity index (χ4n) is 2.27. The molecule has 0 heterocycles. The molecule has 0 amide bonds. The Balaban J connectivity index is 2.56. The average Bonchev–Trinajstić information content (AvgIpc) is 2.51. The van der Waals surface area contributed by atoms with Crippen molar-refractivity contribution in [1.29, 1.82) is 0 Å². The van der Waals surface area contributed by atoms with Gasteiger partial charge in [0.15, 0.2) is 5.78 Å². The van der Waals surface area contributed by atoms with Crippen LogP contribution in [0.15, 0.2) is 36.4 Å². The summed E-state index contributed by atoms with van der Waals surface area (Å²) in [5.74, 6) is -0.119. The van der Waals surface area contributed by atoms with Crippen LogP contribution in [-0.2, 0) is 9.09 Å². The van der Waals surface area contributed by atoms with E-state index in [0.29, 0.717) is 16.4 Å². The van der Waals surface area contributed by atoms with Gasteiger partial charge < -0.3 is 0 Å². The topological polar surface area (TPSA) is 43.4 Å². The lowest BCUT2D eigenvalue weighted by atomic mass is 9.93. The van der Waals surface area contributed by atoms with Crippen LogP contribution < -0.4 is 5.30 Å². The first-order chi connectivity index (χ1) is 9.97. The maximum Gasteiger partial charge on any atom is 0.549 e. The van der Waals surface area contributed by atoms with Gasteiger partial charge in [-0.05, 0) is 54.2 Å². The predicted octanol–water partition coefficient (Wildman–Crippen LogP) is 3.86. The van der Waals surface area contributed by atoms with Crippen molar-refractivity contribution in [2.45, 2.75) is 20.8 Å². The molecule has 1 atom stereocenters. The van der Waals surface area contributed by atoms with Gasteiger partial charge in [-0.2, -0.15) is 0 Å². The number of carbonyl (C=O) groups is 1. The summed E-state index contributed by atoms with van der Waals surface area (Å²) in [5, 5.41) is 0.442. The van der Waals surface area contributed by atoms with Crippen LogP contribution in [0, 0.1) is 20.8 Å². The Labute approximate surface area is 125 Å². The van der Waals surface area contributed by atoms with Crippen LogP contribution in [0.4, 0.5) is 0 Å². The van der Waals surface area contributed by atoms with Gasteiger partial charge in [-0.25, -0.2) is 0 Å². The molecule has 3 nitrogen and oxygen atoms in total. The van der Waals surface area contributed by atoms with Crippen LogP contribution in [0.3, 0.4) is 0 Å². The molecule has 108 valence electrons. The van der Waals surface area contributed by atoms with E-state index in [-0.39, 0.29) is 5.78 Å². The van der Waals surface area contributed by atoms with Gasteiger partial charge in [-0.3, -0.25) is 4.79 Å². The zero-order chi connectivity index (χ0) is 15.6. The Morgan fingerprint density at radius 1 is 0.952 bits per heavy atom. The second-order valence-electron chi connectivity index (χ2n) is 4.97. The molecule has 4 heteroatoms. The molecule has 1 unspecified atom stereocenters. The van der Waals surface area contributed by atoms with E-state index in [4.69, 9.17) is 4.52 Å². The largest absolute Gasteiger partial charge is 0.549 e. The van der Waals surface area contributed by atoms with E-state index in [1.165, 1.54) is 7.11 Å². The fraction of sp³-hybridized carbons (Fsp3) is 0.235. The minimum atomic E-state index is -2.01. The molecular weight excluding hydrogens is 283 g/mol. The van der Waals surface area contributed by atoms with Crippen LogP contribution >= 0.6 is 8.03 Å². The third kappa shape index (κ3) is 2.94. The van der Waals surface area contributed by atoms with Crippen LogP contribution in [-0.4, -0.2) is 12.9 Å². The molecule has 0 aliphatic carbocycles. The Kier molecular flexibility index (Phi) is 4.66. The molecule has 0 radical (unpaired) electrons.